The number of fused-ring (bicyclic) bond motifs is 1. The molecule has 1 atom stereocenters. The number of ether oxygens (including phenoxy) is 2. The third-order valence-electron chi connectivity index (χ3n) is 2.87. The molecule has 0 radical (unpaired) electrons. The van der Waals surface area contributed by atoms with Gasteiger partial charge in [-0.3, -0.25) is 4.79 Å². The summed E-state index contributed by atoms with van der Waals surface area (Å²) in [6.07, 6.45) is 1.56. The highest BCUT2D eigenvalue weighted by atomic mass is 16.7. The predicted octanol–water partition coefficient (Wildman–Crippen LogP) is 1.53. The van der Waals surface area contributed by atoms with Gasteiger partial charge >= 0.3 is 0 Å². The molecule has 0 aromatic heterocycles. The number of hydrogen-bond acceptors (Lipinski definition) is 4. The number of hydrogen-bond donors (Lipinski definition) is 2. The number of carbonyl (C=O) groups excluding carboxylic acids is 1. The van der Waals surface area contributed by atoms with Crippen molar-refractivity contribution in [2.75, 3.05) is 13.3 Å². The summed E-state index contributed by atoms with van der Waals surface area (Å²) in [5.74, 6) is 1.21. The minimum absolute atomic E-state index is 0.0975. The molecule has 0 spiro atoms. The summed E-state index contributed by atoms with van der Waals surface area (Å²) in [7, 11) is 0. The van der Waals surface area contributed by atoms with E-state index >= 15 is 0 Å². The van der Waals surface area contributed by atoms with Crippen molar-refractivity contribution in [3.05, 3.63) is 36.4 Å². The Kier molecular flexibility index (Phi) is 4.41. The molecule has 5 nitrogen and oxygen atoms in total. The highest BCUT2D eigenvalue weighted by Gasteiger charge is 2.17. The monoisotopic (exact) mass is 263 g/mol. The second-order valence-electron chi connectivity index (χ2n) is 4.26. The van der Waals surface area contributed by atoms with Crippen molar-refractivity contribution in [1.82, 2.24) is 5.32 Å². The Balaban J connectivity index is 1.87. The van der Waals surface area contributed by atoms with Crippen molar-refractivity contribution in [3.8, 4) is 11.5 Å². The number of rotatable bonds is 6. The van der Waals surface area contributed by atoms with Gasteiger partial charge in [-0.25, -0.2) is 0 Å². The fourth-order valence-corrected chi connectivity index (χ4v) is 1.83. The molecule has 0 saturated carbocycles. The fourth-order valence-electron chi connectivity index (χ4n) is 1.83. The summed E-state index contributed by atoms with van der Waals surface area (Å²) in [4.78, 5) is 11.4. The van der Waals surface area contributed by atoms with Crippen LogP contribution in [0.1, 0.15) is 24.5 Å². The first-order valence-corrected chi connectivity index (χ1v) is 6.16. The summed E-state index contributed by atoms with van der Waals surface area (Å²) >= 11 is 0. The number of carbonyl (C=O) groups is 1. The molecule has 1 aromatic carbocycles. The van der Waals surface area contributed by atoms with Crippen LogP contribution in [0.5, 0.6) is 11.5 Å². The number of benzene rings is 1. The van der Waals surface area contributed by atoms with E-state index in [9.17, 15) is 9.90 Å². The van der Waals surface area contributed by atoms with E-state index < -0.39 is 6.10 Å². The van der Waals surface area contributed by atoms with Crippen LogP contribution in [-0.4, -0.2) is 24.4 Å². The van der Waals surface area contributed by atoms with Crippen molar-refractivity contribution in [3.63, 3.8) is 0 Å². The molecule has 1 aliphatic rings. The van der Waals surface area contributed by atoms with E-state index in [1.807, 2.05) is 0 Å². The van der Waals surface area contributed by atoms with Crippen molar-refractivity contribution >= 4 is 5.91 Å². The summed E-state index contributed by atoms with van der Waals surface area (Å²) in [6.45, 7) is 4.17. The van der Waals surface area contributed by atoms with Crippen molar-refractivity contribution in [2.45, 2.75) is 18.9 Å². The lowest BCUT2D eigenvalue weighted by Gasteiger charge is -2.11. The molecular weight excluding hydrogens is 246 g/mol. The van der Waals surface area contributed by atoms with Gasteiger partial charge in [0.15, 0.2) is 11.5 Å². The highest BCUT2D eigenvalue weighted by molar-refractivity contribution is 5.76. The Hall–Kier alpha value is -2.01. The van der Waals surface area contributed by atoms with E-state index in [0.29, 0.717) is 24.5 Å². The predicted molar refractivity (Wildman–Crippen MR) is 70.0 cm³/mol. The van der Waals surface area contributed by atoms with Crippen molar-refractivity contribution < 1.29 is 19.4 Å². The molecule has 0 aliphatic carbocycles. The molecule has 1 amide bonds. The highest BCUT2D eigenvalue weighted by Crippen LogP contribution is 2.34. The molecule has 0 fully saturated rings. The second-order valence-corrected chi connectivity index (χ2v) is 4.26. The van der Waals surface area contributed by atoms with Gasteiger partial charge in [-0.15, -0.1) is 6.58 Å². The average Bonchev–Trinajstić information content (AvgIpc) is 2.89. The van der Waals surface area contributed by atoms with Crippen molar-refractivity contribution in [2.24, 2.45) is 0 Å². The molecule has 1 heterocycles. The molecule has 1 aliphatic heterocycles. The smallest absolute Gasteiger partial charge is 0.231 e. The third-order valence-corrected chi connectivity index (χ3v) is 2.87. The van der Waals surface area contributed by atoms with E-state index in [2.05, 4.69) is 11.9 Å². The lowest BCUT2D eigenvalue weighted by Crippen LogP contribution is -2.23. The Morgan fingerprint density at radius 3 is 3.05 bits per heavy atom. The third kappa shape index (κ3) is 3.48. The minimum Gasteiger partial charge on any atom is -0.454 e. The largest absolute Gasteiger partial charge is 0.454 e. The average molecular weight is 263 g/mol. The first-order valence-electron chi connectivity index (χ1n) is 6.16. The van der Waals surface area contributed by atoms with E-state index in [1.165, 1.54) is 0 Å². The molecule has 1 aromatic rings. The lowest BCUT2D eigenvalue weighted by atomic mass is 10.0. The van der Waals surface area contributed by atoms with Crippen LogP contribution in [0.2, 0.25) is 0 Å². The van der Waals surface area contributed by atoms with Gasteiger partial charge in [-0.2, -0.15) is 0 Å². The summed E-state index contributed by atoms with van der Waals surface area (Å²) in [5, 5.41) is 12.7. The van der Waals surface area contributed by atoms with Gasteiger partial charge in [0.05, 0.1) is 6.10 Å². The molecule has 2 N–H and O–H groups in total. The quantitative estimate of drug-likeness (QED) is 0.764. The first kappa shape index (κ1) is 13.4. The number of amides is 1. The van der Waals surface area contributed by atoms with Crippen molar-refractivity contribution in [1.29, 1.82) is 0 Å². The number of nitrogens with one attached hydrogen (secondary N) is 1. The van der Waals surface area contributed by atoms with Gasteiger partial charge in [0.1, 0.15) is 0 Å². The summed E-state index contributed by atoms with van der Waals surface area (Å²) < 4.78 is 10.4. The Labute approximate surface area is 111 Å². The molecule has 0 saturated heterocycles. The maximum absolute atomic E-state index is 11.4. The van der Waals surface area contributed by atoms with Gasteiger partial charge in [-0.05, 0) is 24.1 Å². The van der Waals surface area contributed by atoms with Crippen LogP contribution < -0.4 is 14.8 Å². The van der Waals surface area contributed by atoms with Gasteiger partial charge < -0.3 is 19.9 Å². The van der Waals surface area contributed by atoms with Crippen LogP contribution in [0.15, 0.2) is 30.9 Å². The van der Waals surface area contributed by atoms with Crippen LogP contribution >= 0.6 is 0 Å². The molecule has 2 rings (SSSR count). The first-order chi connectivity index (χ1) is 9.20. The van der Waals surface area contributed by atoms with Gasteiger partial charge in [0.25, 0.3) is 0 Å². The van der Waals surface area contributed by atoms with Gasteiger partial charge in [0.2, 0.25) is 12.7 Å². The zero-order valence-electron chi connectivity index (χ0n) is 10.6. The maximum Gasteiger partial charge on any atom is 0.231 e. The Morgan fingerprint density at radius 2 is 2.26 bits per heavy atom. The van der Waals surface area contributed by atoms with Gasteiger partial charge in [0, 0.05) is 13.0 Å². The number of aliphatic hydroxyl groups is 1. The Bertz CT molecular complexity index is 473. The molecule has 0 bridgehead atoms. The second kappa shape index (κ2) is 6.24. The molecule has 19 heavy (non-hydrogen) atoms. The molecule has 102 valence electrons. The standard InChI is InChI=1S/C14H17NO4/c1-2-7-15-14(17)6-4-11(16)10-3-5-12-13(8-10)19-9-18-12/h2-3,5,8,11,16H,1,4,6-7,9H2,(H,15,17). The maximum atomic E-state index is 11.4. The zero-order chi connectivity index (χ0) is 13.7. The van der Waals surface area contributed by atoms with E-state index in [1.54, 1.807) is 24.3 Å². The summed E-state index contributed by atoms with van der Waals surface area (Å²) in [6, 6.07) is 5.28. The number of aliphatic hydroxyl groups excluding tert-OH is 1. The fraction of sp³-hybridized carbons (Fsp3) is 0.357. The van der Waals surface area contributed by atoms with Gasteiger partial charge in [-0.1, -0.05) is 12.1 Å². The van der Waals surface area contributed by atoms with E-state index in [-0.39, 0.29) is 19.1 Å². The van der Waals surface area contributed by atoms with Crippen LogP contribution in [0.25, 0.3) is 0 Å². The topological polar surface area (TPSA) is 67.8 Å². The van der Waals surface area contributed by atoms with Crippen LogP contribution in [0.4, 0.5) is 0 Å². The SMILES string of the molecule is C=CCNC(=O)CCC(O)c1ccc2c(c1)OCO2. The van der Waals surface area contributed by atoms with Crippen LogP contribution in [-0.2, 0) is 4.79 Å². The zero-order valence-corrected chi connectivity index (χ0v) is 10.6. The molecular formula is C14H17NO4. The normalized spacial score (nSPS) is 13.9. The van der Waals surface area contributed by atoms with Crippen LogP contribution in [0, 0.1) is 0 Å². The van der Waals surface area contributed by atoms with E-state index in [0.717, 1.165) is 5.56 Å². The Morgan fingerprint density at radius 1 is 1.47 bits per heavy atom. The molecule has 5 heteroatoms. The van der Waals surface area contributed by atoms with Crippen LogP contribution in [0.3, 0.4) is 0 Å². The minimum atomic E-state index is -0.691. The lowest BCUT2D eigenvalue weighted by molar-refractivity contribution is -0.121. The van der Waals surface area contributed by atoms with E-state index in [4.69, 9.17) is 9.47 Å². The summed E-state index contributed by atoms with van der Waals surface area (Å²) in [5.41, 5.74) is 0.723. The molecule has 1 unspecified atom stereocenters.